The predicted octanol–water partition coefficient (Wildman–Crippen LogP) is 4.90. The lowest BCUT2D eigenvalue weighted by Gasteiger charge is -2.24. The van der Waals surface area contributed by atoms with Crippen LogP contribution in [0.1, 0.15) is 27.9 Å². The second-order valence-corrected chi connectivity index (χ2v) is 9.21. The molecular weight excluding hydrogens is 547 g/mol. The number of anilines is 1. The van der Waals surface area contributed by atoms with E-state index in [1.54, 1.807) is 4.90 Å². The fourth-order valence-electron chi connectivity index (χ4n) is 4.17. The molecule has 1 saturated heterocycles. The Bertz CT molecular complexity index is 1380. The van der Waals surface area contributed by atoms with E-state index in [0.29, 0.717) is 16.8 Å². The summed E-state index contributed by atoms with van der Waals surface area (Å²) >= 11 is 5.63. The monoisotopic (exact) mass is 571 g/mol. The summed E-state index contributed by atoms with van der Waals surface area (Å²) < 4.78 is 46.2. The molecule has 0 aromatic heterocycles. The summed E-state index contributed by atoms with van der Waals surface area (Å²) in [5, 5.41) is 2.91. The largest absolute Gasteiger partial charge is 0.573 e. The van der Waals surface area contributed by atoms with Gasteiger partial charge in [-0.15, -0.1) is 13.2 Å². The van der Waals surface area contributed by atoms with Crippen LogP contribution in [0.3, 0.4) is 0 Å². The number of amides is 2. The topological polar surface area (TPSA) is 88.2 Å². The molecular formula is C28H24F3N3O5S. The van der Waals surface area contributed by atoms with Gasteiger partial charge in [-0.1, -0.05) is 42.5 Å². The molecule has 0 unspecified atom stereocenters. The molecule has 12 heteroatoms. The number of rotatable bonds is 9. The zero-order valence-electron chi connectivity index (χ0n) is 21.2. The number of benzene rings is 3. The van der Waals surface area contributed by atoms with Crippen molar-refractivity contribution in [3.63, 3.8) is 0 Å². The van der Waals surface area contributed by atoms with Gasteiger partial charge in [-0.25, -0.2) is 4.79 Å². The van der Waals surface area contributed by atoms with E-state index < -0.39 is 24.3 Å². The van der Waals surface area contributed by atoms with Crippen molar-refractivity contribution in [2.45, 2.75) is 31.9 Å². The fraction of sp³-hybridized carbons (Fsp3) is 0.214. The smallest absolute Gasteiger partial charge is 0.465 e. The number of alkyl halides is 3. The number of nitrogens with one attached hydrogen (secondary N) is 1. The van der Waals surface area contributed by atoms with Gasteiger partial charge in [0.05, 0.1) is 25.6 Å². The number of carbonyl (C=O) groups is 3. The molecule has 1 aliphatic rings. The quantitative estimate of drug-likeness (QED) is 0.289. The van der Waals surface area contributed by atoms with Crippen molar-refractivity contribution in [3.05, 3.63) is 95.6 Å². The molecule has 1 heterocycles. The Labute approximate surface area is 233 Å². The van der Waals surface area contributed by atoms with Crippen molar-refractivity contribution in [1.29, 1.82) is 0 Å². The maximum absolute atomic E-state index is 13.5. The van der Waals surface area contributed by atoms with Crippen LogP contribution in [-0.2, 0) is 27.4 Å². The van der Waals surface area contributed by atoms with Crippen LogP contribution in [0.25, 0.3) is 0 Å². The Balaban J connectivity index is 1.52. The van der Waals surface area contributed by atoms with Crippen molar-refractivity contribution in [3.8, 4) is 5.75 Å². The van der Waals surface area contributed by atoms with E-state index in [2.05, 4.69) is 14.8 Å². The lowest BCUT2D eigenvalue weighted by Crippen LogP contribution is -2.37. The highest BCUT2D eigenvalue weighted by Crippen LogP contribution is 2.28. The van der Waals surface area contributed by atoms with Crippen molar-refractivity contribution in [2.24, 2.45) is 0 Å². The van der Waals surface area contributed by atoms with Crippen molar-refractivity contribution in [2.75, 3.05) is 12.4 Å². The zero-order chi connectivity index (χ0) is 28.9. The molecule has 0 saturated carbocycles. The molecule has 1 atom stereocenters. The summed E-state index contributed by atoms with van der Waals surface area (Å²) in [5.41, 5.74) is 2.13. The van der Waals surface area contributed by atoms with E-state index in [1.165, 1.54) is 60.5 Å². The third kappa shape index (κ3) is 7.14. The number of ether oxygens (including phenoxy) is 2. The number of carbonyl (C=O) groups excluding carboxylic acids is 3. The molecule has 1 N–H and O–H groups in total. The van der Waals surface area contributed by atoms with Gasteiger partial charge in [-0.3, -0.25) is 14.5 Å². The Morgan fingerprint density at radius 1 is 0.925 bits per heavy atom. The maximum Gasteiger partial charge on any atom is 0.573 e. The number of halogens is 3. The molecule has 40 heavy (non-hydrogen) atoms. The number of nitrogens with zero attached hydrogens (tertiary/aromatic N) is 2. The fourth-order valence-corrected chi connectivity index (χ4v) is 4.52. The third-order valence-electron chi connectivity index (χ3n) is 6.07. The average molecular weight is 572 g/mol. The van der Waals surface area contributed by atoms with Crippen molar-refractivity contribution < 1.29 is 37.0 Å². The minimum atomic E-state index is -4.82. The first-order chi connectivity index (χ1) is 19.0. The molecule has 1 fully saturated rings. The van der Waals surface area contributed by atoms with Gasteiger partial charge in [0, 0.05) is 12.2 Å². The Morgan fingerprint density at radius 3 is 2.15 bits per heavy atom. The molecule has 4 rings (SSSR count). The molecule has 208 valence electrons. The van der Waals surface area contributed by atoms with E-state index in [0.717, 1.165) is 5.56 Å². The number of hydrogen-bond acceptors (Lipinski definition) is 6. The molecule has 0 radical (unpaired) electrons. The van der Waals surface area contributed by atoms with Gasteiger partial charge in [0.25, 0.3) is 5.91 Å². The van der Waals surface area contributed by atoms with Crippen LogP contribution >= 0.6 is 12.2 Å². The second-order valence-electron chi connectivity index (χ2n) is 8.85. The van der Waals surface area contributed by atoms with Gasteiger partial charge in [0.1, 0.15) is 11.8 Å². The van der Waals surface area contributed by atoms with Gasteiger partial charge < -0.3 is 19.7 Å². The molecule has 2 amide bonds. The lowest BCUT2D eigenvalue weighted by atomic mass is 10.1. The first-order valence-electron chi connectivity index (χ1n) is 12.0. The van der Waals surface area contributed by atoms with Crippen LogP contribution in [0.15, 0.2) is 78.9 Å². The van der Waals surface area contributed by atoms with Crippen LogP contribution in [0.4, 0.5) is 18.9 Å². The van der Waals surface area contributed by atoms with E-state index in [4.69, 9.17) is 12.2 Å². The normalized spacial score (nSPS) is 15.2. The molecule has 0 spiro atoms. The van der Waals surface area contributed by atoms with Crippen molar-refractivity contribution >= 4 is 40.8 Å². The summed E-state index contributed by atoms with van der Waals surface area (Å²) in [6.45, 7) is 0.272. The Morgan fingerprint density at radius 2 is 1.55 bits per heavy atom. The molecule has 1 aliphatic heterocycles. The molecule has 8 nitrogen and oxygen atoms in total. The minimum Gasteiger partial charge on any atom is -0.465 e. The first kappa shape index (κ1) is 28.6. The zero-order valence-corrected chi connectivity index (χ0v) is 22.0. The number of esters is 1. The third-order valence-corrected chi connectivity index (χ3v) is 6.52. The standard InChI is InChI=1S/C28H24F3N3O5S/c1-38-26(37)20-9-11-21(12-10-20)32-24(35)15-23-25(36)34(17-18-5-3-2-4-6-18)27(40)33(23)16-19-7-13-22(14-8-19)39-28(29,30)31/h2-14,23H,15-17H2,1H3,(H,32,35)/t23-/m0/s1. The maximum atomic E-state index is 13.5. The van der Waals surface area contributed by atoms with Crippen LogP contribution in [0, 0.1) is 0 Å². The summed E-state index contributed by atoms with van der Waals surface area (Å²) in [6.07, 6.45) is -5.06. The number of hydrogen-bond donors (Lipinski definition) is 1. The Kier molecular flexibility index (Phi) is 8.68. The molecule has 0 aliphatic carbocycles. The van der Waals surface area contributed by atoms with Gasteiger partial charge in [-0.05, 0) is 59.7 Å². The van der Waals surface area contributed by atoms with Gasteiger partial charge >= 0.3 is 12.3 Å². The second kappa shape index (κ2) is 12.2. The van der Waals surface area contributed by atoms with Crippen LogP contribution in [0.2, 0.25) is 0 Å². The Hall–Kier alpha value is -4.45. The van der Waals surface area contributed by atoms with E-state index in [-0.39, 0.29) is 36.3 Å². The van der Waals surface area contributed by atoms with Gasteiger partial charge in [0.2, 0.25) is 5.91 Å². The summed E-state index contributed by atoms with van der Waals surface area (Å²) in [4.78, 5) is 41.1. The SMILES string of the molecule is COC(=O)c1ccc(NC(=O)C[C@H]2C(=O)N(Cc3ccccc3)C(=S)N2Cc2ccc(OC(F)(F)F)cc2)cc1. The number of methoxy groups -OCH3 is 1. The van der Waals surface area contributed by atoms with Gasteiger partial charge in [0.15, 0.2) is 5.11 Å². The van der Waals surface area contributed by atoms with Crippen LogP contribution in [0.5, 0.6) is 5.75 Å². The van der Waals surface area contributed by atoms with Crippen molar-refractivity contribution in [1.82, 2.24) is 9.80 Å². The van der Waals surface area contributed by atoms with Gasteiger partial charge in [-0.2, -0.15) is 0 Å². The highest BCUT2D eigenvalue weighted by atomic mass is 32.1. The average Bonchev–Trinajstić information content (AvgIpc) is 3.13. The molecule has 0 bridgehead atoms. The predicted molar refractivity (Wildman–Crippen MR) is 143 cm³/mol. The van der Waals surface area contributed by atoms with E-state index in [9.17, 15) is 27.6 Å². The highest BCUT2D eigenvalue weighted by Gasteiger charge is 2.43. The van der Waals surface area contributed by atoms with Crippen LogP contribution < -0.4 is 10.1 Å². The summed E-state index contributed by atoms with van der Waals surface area (Å²) in [7, 11) is 1.26. The van der Waals surface area contributed by atoms with E-state index in [1.807, 2.05) is 30.3 Å². The molecule has 3 aromatic rings. The van der Waals surface area contributed by atoms with E-state index >= 15 is 0 Å². The summed E-state index contributed by atoms with van der Waals surface area (Å²) in [6, 6.07) is 19.5. The first-order valence-corrected chi connectivity index (χ1v) is 12.4. The lowest BCUT2D eigenvalue weighted by molar-refractivity contribution is -0.274. The van der Waals surface area contributed by atoms with Crippen LogP contribution in [-0.4, -0.2) is 52.2 Å². The minimum absolute atomic E-state index is 0.0773. The number of thiocarbonyl (C=S) groups is 1. The summed E-state index contributed by atoms with van der Waals surface area (Å²) in [5.74, 6) is -1.74. The molecule has 3 aromatic carbocycles. The highest BCUT2D eigenvalue weighted by molar-refractivity contribution is 7.80.